The van der Waals surface area contributed by atoms with Gasteiger partial charge in [-0.1, -0.05) is 36.4 Å². The van der Waals surface area contributed by atoms with Crippen LogP contribution in [-0.2, 0) is 26.1 Å². The van der Waals surface area contributed by atoms with Gasteiger partial charge < -0.3 is 10.2 Å². The van der Waals surface area contributed by atoms with Gasteiger partial charge in [0.1, 0.15) is 5.82 Å². The standard InChI is InChI=1S/C21H22N4/c1-2-6-20-16-25(11-9-19(20)5-1)21-8-7-18(15-24-21)14-23-13-17-4-3-10-22-12-17/h1-8,10,12,15,23H,9,11,13-14,16H2. The van der Waals surface area contributed by atoms with E-state index >= 15 is 0 Å². The highest BCUT2D eigenvalue weighted by molar-refractivity contribution is 5.44. The summed E-state index contributed by atoms with van der Waals surface area (Å²) in [4.78, 5) is 11.2. The Kier molecular flexibility index (Phi) is 4.70. The summed E-state index contributed by atoms with van der Waals surface area (Å²) in [5, 5.41) is 3.44. The SMILES string of the molecule is c1cncc(CNCc2ccc(N3CCc4ccccc4C3)nc2)c1. The first-order valence-corrected chi connectivity index (χ1v) is 8.75. The molecule has 25 heavy (non-hydrogen) atoms. The van der Waals surface area contributed by atoms with Gasteiger partial charge in [0.25, 0.3) is 0 Å². The molecule has 1 N–H and O–H groups in total. The number of benzene rings is 1. The quantitative estimate of drug-likeness (QED) is 0.779. The van der Waals surface area contributed by atoms with Crippen LogP contribution in [0, 0.1) is 0 Å². The second kappa shape index (κ2) is 7.45. The monoisotopic (exact) mass is 330 g/mol. The smallest absolute Gasteiger partial charge is 0.128 e. The van der Waals surface area contributed by atoms with Crippen LogP contribution in [-0.4, -0.2) is 16.5 Å². The molecular weight excluding hydrogens is 308 g/mol. The summed E-state index contributed by atoms with van der Waals surface area (Å²) in [5.41, 5.74) is 5.27. The van der Waals surface area contributed by atoms with E-state index in [4.69, 9.17) is 0 Å². The third-order valence-corrected chi connectivity index (χ3v) is 4.64. The van der Waals surface area contributed by atoms with Gasteiger partial charge in [0.2, 0.25) is 0 Å². The fourth-order valence-corrected chi connectivity index (χ4v) is 3.25. The zero-order valence-electron chi connectivity index (χ0n) is 14.2. The van der Waals surface area contributed by atoms with Gasteiger partial charge in [-0.2, -0.15) is 0 Å². The molecular formula is C21H22N4. The van der Waals surface area contributed by atoms with Crippen LogP contribution >= 0.6 is 0 Å². The third kappa shape index (κ3) is 3.86. The highest BCUT2D eigenvalue weighted by Gasteiger charge is 2.16. The van der Waals surface area contributed by atoms with Crippen molar-refractivity contribution in [2.24, 2.45) is 0 Å². The molecule has 0 amide bonds. The van der Waals surface area contributed by atoms with E-state index in [-0.39, 0.29) is 0 Å². The minimum Gasteiger partial charge on any atom is -0.352 e. The largest absolute Gasteiger partial charge is 0.352 e. The van der Waals surface area contributed by atoms with Crippen molar-refractivity contribution in [3.63, 3.8) is 0 Å². The number of rotatable bonds is 5. The number of nitrogens with one attached hydrogen (secondary N) is 1. The lowest BCUT2D eigenvalue weighted by atomic mass is 10.00. The molecule has 0 bridgehead atoms. The number of fused-ring (bicyclic) bond motifs is 1. The average Bonchev–Trinajstić information content (AvgIpc) is 2.69. The third-order valence-electron chi connectivity index (χ3n) is 4.64. The van der Waals surface area contributed by atoms with Gasteiger partial charge in [-0.05, 0) is 40.8 Å². The number of nitrogens with zero attached hydrogens (tertiary/aromatic N) is 3. The van der Waals surface area contributed by atoms with Gasteiger partial charge in [0.15, 0.2) is 0 Å². The molecule has 4 nitrogen and oxygen atoms in total. The molecule has 1 aliphatic heterocycles. The summed E-state index contributed by atoms with van der Waals surface area (Å²) in [6.07, 6.45) is 6.76. The van der Waals surface area contributed by atoms with E-state index in [0.717, 1.165) is 38.4 Å². The van der Waals surface area contributed by atoms with Crippen molar-refractivity contribution >= 4 is 5.82 Å². The molecule has 0 fully saturated rings. The summed E-state index contributed by atoms with van der Waals surface area (Å²) in [7, 11) is 0. The summed E-state index contributed by atoms with van der Waals surface area (Å²) in [6.45, 7) is 3.61. The van der Waals surface area contributed by atoms with Crippen LogP contribution in [0.3, 0.4) is 0 Å². The molecule has 0 saturated carbocycles. The van der Waals surface area contributed by atoms with Crippen LogP contribution in [0.4, 0.5) is 5.82 Å². The fraction of sp³-hybridized carbons (Fsp3) is 0.238. The van der Waals surface area contributed by atoms with Crippen LogP contribution in [0.15, 0.2) is 67.1 Å². The Labute approximate surface area is 148 Å². The van der Waals surface area contributed by atoms with E-state index in [1.165, 1.54) is 22.3 Å². The lowest BCUT2D eigenvalue weighted by molar-refractivity contribution is 0.686. The van der Waals surface area contributed by atoms with Crippen LogP contribution in [0.25, 0.3) is 0 Å². The topological polar surface area (TPSA) is 41.1 Å². The first-order chi connectivity index (χ1) is 12.4. The Hall–Kier alpha value is -2.72. The van der Waals surface area contributed by atoms with E-state index in [9.17, 15) is 0 Å². The number of anilines is 1. The summed E-state index contributed by atoms with van der Waals surface area (Å²) >= 11 is 0. The number of hydrogen-bond donors (Lipinski definition) is 1. The maximum atomic E-state index is 4.67. The lowest BCUT2D eigenvalue weighted by Gasteiger charge is -2.29. The number of aromatic nitrogens is 2. The van der Waals surface area contributed by atoms with Gasteiger partial charge in [-0.25, -0.2) is 4.98 Å². The molecule has 0 aliphatic carbocycles. The van der Waals surface area contributed by atoms with Gasteiger partial charge in [-0.3, -0.25) is 4.98 Å². The van der Waals surface area contributed by atoms with E-state index in [2.05, 4.69) is 62.6 Å². The molecule has 1 aromatic carbocycles. The predicted molar refractivity (Wildman–Crippen MR) is 100 cm³/mol. The second-order valence-electron chi connectivity index (χ2n) is 6.43. The Morgan fingerprint density at radius 3 is 2.48 bits per heavy atom. The van der Waals surface area contributed by atoms with E-state index in [0.29, 0.717) is 0 Å². The van der Waals surface area contributed by atoms with Crippen LogP contribution in [0.2, 0.25) is 0 Å². The predicted octanol–water partition coefficient (Wildman–Crippen LogP) is 3.33. The first-order valence-electron chi connectivity index (χ1n) is 8.75. The molecule has 0 atom stereocenters. The summed E-state index contributed by atoms with van der Waals surface area (Å²) in [6, 6.07) is 17.0. The Morgan fingerprint density at radius 2 is 1.72 bits per heavy atom. The van der Waals surface area contributed by atoms with Gasteiger partial charge in [0.05, 0.1) is 0 Å². The zero-order valence-corrected chi connectivity index (χ0v) is 14.2. The van der Waals surface area contributed by atoms with Gasteiger partial charge in [0, 0.05) is 44.8 Å². The van der Waals surface area contributed by atoms with Gasteiger partial charge >= 0.3 is 0 Å². The van der Waals surface area contributed by atoms with E-state index in [1.54, 1.807) is 6.20 Å². The van der Waals surface area contributed by atoms with Crippen molar-refractivity contribution in [1.29, 1.82) is 0 Å². The molecule has 0 spiro atoms. The molecule has 3 heterocycles. The number of pyridine rings is 2. The molecule has 3 aromatic rings. The first kappa shape index (κ1) is 15.8. The normalized spacial score (nSPS) is 13.5. The number of hydrogen-bond acceptors (Lipinski definition) is 4. The summed E-state index contributed by atoms with van der Waals surface area (Å²) < 4.78 is 0. The van der Waals surface area contributed by atoms with Crippen LogP contribution in [0.1, 0.15) is 22.3 Å². The Morgan fingerprint density at radius 1 is 0.880 bits per heavy atom. The molecule has 4 rings (SSSR count). The Bertz CT molecular complexity index is 815. The highest BCUT2D eigenvalue weighted by Crippen LogP contribution is 2.22. The molecule has 4 heteroatoms. The van der Waals surface area contributed by atoms with Crippen LogP contribution < -0.4 is 10.2 Å². The summed E-state index contributed by atoms with van der Waals surface area (Å²) in [5.74, 6) is 1.06. The molecule has 1 aliphatic rings. The van der Waals surface area contributed by atoms with Crippen molar-refractivity contribution in [3.05, 3.63) is 89.4 Å². The van der Waals surface area contributed by atoms with Crippen molar-refractivity contribution < 1.29 is 0 Å². The van der Waals surface area contributed by atoms with Crippen molar-refractivity contribution in [3.8, 4) is 0 Å². The highest BCUT2D eigenvalue weighted by atomic mass is 15.2. The minimum atomic E-state index is 0.811. The zero-order chi connectivity index (χ0) is 16.9. The lowest BCUT2D eigenvalue weighted by Crippen LogP contribution is -2.30. The van der Waals surface area contributed by atoms with Crippen molar-refractivity contribution in [2.75, 3.05) is 11.4 Å². The second-order valence-corrected chi connectivity index (χ2v) is 6.43. The van der Waals surface area contributed by atoms with Crippen molar-refractivity contribution in [2.45, 2.75) is 26.1 Å². The molecule has 0 radical (unpaired) electrons. The average molecular weight is 330 g/mol. The molecule has 2 aromatic heterocycles. The fourth-order valence-electron chi connectivity index (χ4n) is 3.25. The van der Waals surface area contributed by atoms with E-state index in [1.807, 2.05) is 18.5 Å². The van der Waals surface area contributed by atoms with Crippen molar-refractivity contribution in [1.82, 2.24) is 15.3 Å². The molecule has 126 valence electrons. The van der Waals surface area contributed by atoms with Gasteiger partial charge in [-0.15, -0.1) is 0 Å². The van der Waals surface area contributed by atoms with Crippen LogP contribution in [0.5, 0.6) is 0 Å². The Balaban J connectivity index is 1.34. The maximum Gasteiger partial charge on any atom is 0.128 e. The molecule has 0 saturated heterocycles. The maximum absolute atomic E-state index is 4.67. The molecule has 0 unspecified atom stereocenters. The minimum absolute atomic E-state index is 0.811. The van der Waals surface area contributed by atoms with E-state index < -0.39 is 0 Å².